The molecule has 2 heterocycles. The fourth-order valence-corrected chi connectivity index (χ4v) is 7.00. The van der Waals surface area contributed by atoms with Crippen LogP contribution in [-0.4, -0.2) is 213 Å². The number of hydrogen-bond acceptors (Lipinski definition) is 18. The minimum atomic E-state index is -1.01. The Labute approximate surface area is 409 Å². The van der Waals surface area contributed by atoms with Gasteiger partial charge in [0.25, 0.3) is 11.8 Å². The summed E-state index contributed by atoms with van der Waals surface area (Å²) in [6.07, 6.45) is 10.6. The zero-order valence-electron chi connectivity index (χ0n) is 41.4. The Morgan fingerprint density at radius 3 is 1.22 bits per heavy atom. The molecule has 0 aliphatic carbocycles. The first-order valence-electron chi connectivity index (χ1n) is 25.1. The molecule has 1 unspecified atom stereocenters. The van der Waals surface area contributed by atoms with Crippen molar-refractivity contribution < 1.29 is 80.8 Å². The lowest BCUT2D eigenvalue weighted by molar-refractivity contribution is -0.136. The van der Waals surface area contributed by atoms with Gasteiger partial charge in [-0.1, -0.05) is 57.9 Å². The Morgan fingerprint density at radius 1 is 0.464 bits per heavy atom. The summed E-state index contributed by atoms with van der Waals surface area (Å²) in [4.78, 5) is 51.0. The Hall–Kier alpha value is -3.22. The van der Waals surface area contributed by atoms with Crippen molar-refractivity contribution in [3.8, 4) is 0 Å². The molecule has 1 aromatic rings. The quantitative estimate of drug-likeness (QED) is 0.0700. The number of carbonyl (C=O) groups excluding carboxylic acids is 4. The van der Waals surface area contributed by atoms with Gasteiger partial charge in [0, 0.05) is 25.3 Å². The van der Waals surface area contributed by atoms with E-state index in [0.29, 0.717) is 177 Å². The number of benzene rings is 1. The van der Waals surface area contributed by atoms with E-state index in [9.17, 15) is 19.2 Å². The van der Waals surface area contributed by atoms with E-state index in [4.69, 9.17) is 61.6 Å². The van der Waals surface area contributed by atoms with Crippen LogP contribution in [-0.2, 0) is 71.2 Å². The van der Waals surface area contributed by atoms with Crippen LogP contribution in [0.25, 0.3) is 0 Å². The highest BCUT2D eigenvalue weighted by Crippen LogP contribution is 2.32. The minimum absolute atomic E-state index is 0.0639. The van der Waals surface area contributed by atoms with E-state index in [-0.39, 0.29) is 24.0 Å². The van der Waals surface area contributed by atoms with E-state index >= 15 is 0 Å². The van der Waals surface area contributed by atoms with Crippen LogP contribution in [0.15, 0.2) is 18.2 Å². The van der Waals surface area contributed by atoms with E-state index < -0.39 is 29.7 Å². The molecule has 0 radical (unpaired) electrons. The summed E-state index contributed by atoms with van der Waals surface area (Å²) in [7, 11) is 0. The topological polar surface area (TPSA) is 216 Å². The van der Waals surface area contributed by atoms with Crippen molar-refractivity contribution in [2.75, 3.05) is 184 Å². The van der Waals surface area contributed by atoms with E-state index in [1.165, 1.54) is 44.9 Å². The SMILES string of the molecule is CCCCCCCCCCOCCOCCOCCOCCOCCOCCOCCOCCOCCOCCOCCOCCOCCNc1cccc2c1C(=O)N(C1CCC(=O)NC1=O)C2=O. The summed E-state index contributed by atoms with van der Waals surface area (Å²) in [5.74, 6) is -2.17. The van der Waals surface area contributed by atoms with Crippen LogP contribution < -0.4 is 10.6 Å². The van der Waals surface area contributed by atoms with Gasteiger partial charge >= 0.3 is 0 Å². The molecule has 69 heavy (non-hydrogen) atoms. The molecular formula is C49H83N3O17. The van der Waals surface area contributed by atoms with Crippen molar-refractivity contribution >= 4 is 29.3 Å². The van der Waals surface area contributed by atoms with Crippen LogP contribution in [0.2, 0.25) is 0 Å². The number of fused-ring (bicyclic) bond motifs is 1. The van der Waals surface area contributed by atoms with Crippen LogP contribution in [0.4, 0.5) is 5.69 Å². The van der Waals surface area contributed by atoms with Crippen molar-refractivity contribution in [1.29, 1.82) is 0 Å². The third-order valence-electron chi connectivity index (χ3n) is 10.6. The molecule has 0 aromatic heterocycles. The van der Waals surface area contributed by atoms with Gasteiger partial charge in [-0.15, -0.1) is 0 Å². The van der Waals surface area contributed by atoms with Gasteiger partial charge in [0.05, 0.1) is 176 Å². The van der Waals surface area contributed by atoms with Crippen LogP contribution in [0.1, 0.15) is 91.8 Å². The maximum atomic E-state index is 13.2. The smallest absolute Gasteiger partial charge is 0.264 e. The average Bonchev–Trinajstić information content (AvgIpc) is 3.60. The normalized spacial score (nSPS) is 14.9. The molecule has 1 aromatic carbocycles. The highest BCUT2D eigenvalue weighted by molar-refractivity contribution is 6.25. The number of ether oxygens (including phenoxy) is 13. The van der Waals surface area contributed by atoms with Crippen LogP contribution in [0.5, 0.6) is 0 Å². The third-order valence-corrected chi connectivity index (χ3v) is 10.6. The van der Waals surface area contributed by atoms with Crippen molar-refractivity contribution in [3.63, 3.8) is 0 Å². The maximum Gasteiger partial charge on any atom is 0.264 e. The molecule has 0 bridgehead atoms. The number of carbonyl (C=O) groups is 4. The molecular weight excluding hydrogens is 903 g/mol. The Morgan fingerprint density at radius 2 is 0.826 bits per heavy atom. The predicted molar refractivity (Wildman–Crippen MR) is 255 cm³/mol. The second-order valence-corrected chi connectivity index (χ2v) is 16.0. The van der Waals surface area contributed by atoms with Gasteiger partial charge in [0.2, 0.25) is 11.8 Å². The summed E-state index contributed by atoms with van der Waals surface area (Å²) in [5.41, 5.74) is 0.904. The van der Waals surface area contributed by atoms with Crippen LogP contribution in [0, 0.1) is 0 Å². The largest absolute Gasteiger partial charge is 0.382 e. The molecule has 0 spiro atoms. The molecule has 0 saturated carbocycles. The molecule has 1 atom stereocenters. The second kappa shape index (κ2) is 42.5. The van der Waals surface area contributed by atoms with Crippen molar-refractivity contribution in [3.05, 3.63) is 29.3 Å². The molecule has 3 rings (SSSR count). The zero-order valence-corrected chi connectivity index (χ0v) is 41.4. The Balaban J connectivity index is 0.930. The molecule has 20 nitrogen and oxygen atoms in total. The average molecular weight is 986 g/mol. The lowest BCUT2D eigenvalue weighted by Crippen LogP contribution is -2.54. The van der Waals surface area contributed by atoms with E-state index in [2.05, 4.69) is 17.6 Å². The van der Waals surface area contributed by atoms with Crippen LogP contribution >= 0.6 is 0 Å². The fraction of sp³-hybridized carbons (Fsp3) is 0.796. The highest BCUT2D eigenvalue weighted by Gasteiger charge is 2.45. The van der Waals surface area contributed by atoms with Gasteiger partial charge in [0.1, 0.15) is 6.04 Å². The summed E-state index contributed by atoms with van der Waals surface area (Å²) < 4.78 is 72.0. The number of unbranched alkanes of at least 4 members (excludes halogenated alkanes) is 7. The monoisotopic (exact) mass is 986 g/mol. The highest BCUT2D eigenvalue weighted by atomic mass is 16.6. The van der Waals surface area contributed by atoms with Crippen molar-refractivity contribution in [2.45, 2.75) is 77.2 Å². The lowest BCUT2D eigenvalue weighted by Gasteiger charge is -2.27. The van der Waals surface area contributed by atoms with Crippen molar-refractivity contribution in [2.24, 2.45) is 0 Å². The van der Waals surface area contributed by atoms with Crippen LogP contribution in [0.3, 0.4) is 0 Å². The number of imide groups is 2. The first-order valence-corrected chi connectivity index (χ1v) is 25.1. The number of nitrogens with one attached hydrogen (secondary N) is 2. The summed E-state index contributed by atoms with van der Waals surface area (Å²) in [6.45, 7) is 15.4. The lowest BCUT2D eigenvalue weighted by atomic mass is 10.0. The number of anilines is 1. The van der Waals surface area contributed by atoms with Gasteiger partial charge < -0.3 is 66.9 Å². The number of piperidine rings is 1. The van der Waals surface area contributed by atoms with Gasteiger partial charge in [-0.2, -0.15) is 0 Å². The van der Waals surface area contributed by atoms with Gasteiger partial charge in [0.15, 0.2) is 0 Å². The molecule has 396 valence electrons. The first kappa shape index (κ1) is 60.1. The molecule has 2 aliphatic rings. The maximum absolute atomic E-state index is 13.2. The van der Waals surface area contributed by atoms with Gasteiger partial charge in [-0.25, -0.2) is 0 Å². The zero-order chi connectivity index (χ0) is 49.1. The third kappa shape index (κ3) is 29.0. The van der Waals surface area contributed by atoms with Gasteiger partial charge in [-0.05, 0) is 25.0 Å². The number of amides is 4. The molecule has 2 N–H and O–H groups in total. The Kier molecular flexibility index (Phi) is 37.0. The second-order valence-electron chi connectivity index (χ2n) is 16.0. The minimum Gasteiger partial charge on any atom is -0.382 e. The Bertz CT molecular complexity index is 1480. The summed E-state index contributed by atoms with van der Waals surface area (Å²) in [6, 6.07) is 3.90. The number of nitrogens with zero attached hydrogens (tertiary/aromatic N) is 1. The summed E-state index contributed by atoms with van der Waals surface area (Å²) >= 11 is 0. The standard InChI is InChI=1S/C49H83N3O17/c1-2-3-4-5-6-7-8-9-16-57-18-20-59-22-24-61-26-28-63-30-32-65-34-36-67-38-40-69-41-39-68-37-35-66-33-31-64-29-27-62-25-23-60-21-19-58-17-15-50-43-12-10-11-42-46(43)49(56)52(48(42)55)44-13-14-45(53)51-47(44)54/h10-12,44,50H,2-9,13-41H2,1H3,(H,51,53,54). The molecule has 4 amide bonds. The molecule has 2 aliphatic heterocycles. The molecule has 1 saturated heterocycles. The van der Waals surface area contributed by atoms with Crippen molar-refractivity contribution in [1.82, 2.24) is 10.2 Å². The van der Waals surface area contributed by atoms with Gasteiger partial charge in [-0.3, -0.25) is 29.4 Å². The number of rotatable bonds is 50. The first-order chi connectivity index (χ1) is 34.0. The number of hydrogen-bond donors (Lipinski definition) is 2. The fourth-order valence-electron chi connectivity index (χ4n) is 7.00. The van der Waals surface area contributed by atoms with E-state index in [1.807, 2.05) is 0 Å². The van der Waals surface area contributed by atoms with E-state index in [1.54, 1.807) is 18.2 Å². The molecule has 1 fully saturated rings. The van der Waals surface area contributed by atoms with E-state index in [0.717, 1.165) is 17.9 Å². The molecule has 20 heteroatoms. The summed E-state index contributed by atoms with van der Waals surface area (Å²) in [5, 5.41) is 5.34. The predicted octanol–water partition coefficient (Wildman–Crippen LogP) is 3.86.